The van der Waals surface area contributed by atoms with Gasteiger partial charge in [-0.1, -0.05) is 41.6 Å². The molecule has 4 nitrogen and oxygen atoms in total. The van der Waals surface area contributed by atoms with Crippen molar-refractivity contribution in [1.82, 2.24) is 10.5 Å². The predicted octanol–water partition coefficient (Wildman–Crippen LogP) is 4.56. The fraction of sp³-hybridized carbons (Fsp3) is 0.0476. The van der Waals surface area contributed by atoms with Crippen molar-refractivity contribution in [2.75, 3.05) is 0 Å². The molecule has 0 spiro atoms. The van der Waals surface area contributed by atoms with Crippen LogP contribution in [0.3, 0.4) is 0 Å². The Bertz CT molecular complexity index is 1070. The summed E-state index contributed by atoms with van der Waals surface area (Å²) in [5, 5.41) is 9.02. The van der Waals surface area contributed by atoms with Crippen LogP contribution in [-0.4, -0.2) is 11.1 Å². The molecule has 26 heavy (non-hydrogen) atoms. The van der Waals surface area contributed by atoms with Crippen molar-refractivity contribution < 1.29 is 13.7 Å². The number of carbonyl (C=O) groups is 1. The number of halogens is 1. The highest BCUT2D eigenvalue weighted by Crippen LogP contribution is 2.25. The molecule has 0 atom stereocenters. The first-order chi connectivity index (χ1) is 12.7. The van der Waals surface area contributed by atoms with Gasteiger partial charge in [-0.2, -0.15) is 0 Å². The highest BCUT2D eigenvalue weighted by molar-refractivity contribution is 5.94. The van der Waals surface area contributed by atoms with Crippen LogP contribution >= 0.6 is 0 Å². The quantitative estimate of drug-likeness (QED) is 0.589. The standard InChI is InChI=1S/C21H15FN2O2/c22-18-9-7-15(8-10-18)21(25)23-13-19-12-20(26-24-19)17-6-5-14-3-1-2-4-16(14)11-17/h1-12H,13H2,(H,23,25). The van der Waals surface area contributed by atoms with Crippen LogP contribution in [0.25, 0.3) is 22.1 Å². The minimum absolute atomic E-state index is 0.229. The van der Waals surface area contributed by atoms with Crippen molar-refractivity contribution >= 4 is 16.7 Å². The molecule has 1 heterocycles. The predicted molar refractivity (Wildman–Crippen MR) is 97.0 cm³/mol. The third-order valence-electron chi connectivity index (χ3n) is 4.13. The van der Waals surface area contributed by atoms with Gasteiger partial charge in [-0.15, -0.1) is 0 Å². The van der Waals surface area contributed by atoms with Crippen molar-refractivity contribution in [3.05, 3.63) is 89.9 Å². The molecule has 128 valence electrons. The summed E-state index contributed by atoms with van der Waals surface area (Å²) < 4.78 is 18.3. The number of benzene rings is 3. The molecule has 0 fully saturated rings. The Morgan fingerprint density at radius 3 is 2.54 bits per heavy atom. The van der Waals surface area contributed by atoms with E-state index in [2.05, 4.69) is 16.5 Å². The number of carbonyl (C=O) groups excluding carboxylic acids is 1. The number of aromatic nitrogens is 1. The average Bonchev–Trinajstić information content (AvgIpc) is 3.15. The molecule has 1 aromatic heterocycles. The third-order valence-corrected chi connectivity index (χ3v) is 4.13. The van der Waals surface area contributed by atoms with Crippen molar-refractivity contribution in [3.8, 4) is 11.3 Å². The lowest BCUT2D eigenvalue weighted by Crippen LogP contribution is -2.22. The highest BCUT2D eigenvalue weighted by atomic mass is 19.1. The molecule has 1 amide bonds. The number of rotatable bonds is 4. The molecule has 0 unspecified atom stereocenters. The second kappa shape index (κ2) is 6.80. The van der Waals surface area contributed by atoms with E-state index in [1.165, 1.54) is 24.3 Å². The summed E-state index contributed by atoms with van der Waals surface area (Å²) in [6, 6.07) is 21.3. The summed E-state index contributed by atoms with van der Waals surface area (Å²) in [6.07, 6.45) is 0. The zero-order valence-electron chi connectivity index (χ0n) is 13.8. The summed E-state index contributed by atoms with van der Waals surface area (Å²) in [4.78, 5) is 12.1. The zero-order valence-corrected chi connectivity index (χ0v) is 13.8. The van der Waals surface area contributed by atoms with Gasteiger partial charge in [0.05, 0.1) is 6.54 Å². The van der Waals surface area contributed by atoms with Gasteiger partial charge in [-0.25, -0.2) is 4.39 Å². The Balaban J connectivity index is 1.47. The molecular weight excluding hydrogens is 331 g/mol. The topological polar surface area (TPSA) is 55.1 Å². The monoisotopic (exact) mass is 346 g/mol. The number of nitrogens with one attached hydrogen (secondary N) is 1. The van der Waals surface area contributed by atoms with Gasteiger partial charge < -0.3 is 9.84 Å². The van der Waals surface area contributed by atoms with Gasteiger partial charge in [0.1, 0.15) is 11.5 Å². The minimum Gasteiger partial charge on any atom is -0.356 e. The Hall–Kier alpha value is -3.47. The minimum atomic E-state index is -0.377. The summed E-state index contributed by atoms with van der Waals surface area (Å²) >= 11 is 0. The normalized spacial score (nSPS) is 10.8. The number of nitrogens with zero attached hydrogens (tertiary/aromatic N) is 1. The van der Waals surface area contributed by atoms with Gasteiger partial charge in [0, 0.05) is 17.2 Å². The molecule has 0 aliphatic rings. The second-order valence-electron chi connectivity index (χ2n) is 5.93. The first-order valence-electron chi connectivity index (χ1n) is 8.17. The highest BCUT2D eigenvalue weighted by Gasteiger charge is 2.10. The van der Waals surface area contributed by atoms with E-state index in [9.17, 15) is 9.18 Å². The van der Waals surface area contributed by atoms with E-state index in [0.29, 0.717) is 17.0 Å². The number of fused-ring (bicyclic) bond motifs is 1. The van der Waals surface area contributed by atoms with Crippen LogP contribution in [0.1, 0.15) is 16.1 Å². The van der Waals surface area contributed by atoms with E-state index in [-0.39, 0.29) is 18.3 Å². The molecule has 0 saturated carbocycles. The zero-order chi connectivity index (χ0) is 17.9. The van der Waals surface area contributed by atoms with Gasteiger partial charge >= 0.3 is 0 Å². The van der Waals surface area contributed by atoms with Crippen LogP contribution in [-0.2, 0) is 6.54 Å². The van der Waals surface area contributed by atoms with Crippen LogP contribution in [0.15, 0.2) is 77.3 Å². The molecule has 1 N–H and O–H groups in total. The molecular formula is C21H15FN2O2. The number of hydrogen-bond donors (Lipinski definition) is 1. The van der Waals surface area contributed by atoms with Crippen LogP contribution in [0.2, 0.25) is 0 Å². The third kappa shape index (κ3) is 3.32. The van der Waals surface area contributed by atoms with Crippen LogP contribution in [0, 0.1) is 5.82 Å². The first kappa shape index (κ1) is 16.0. The molecule has 0 saturated heterocycles. The second-order valence-corrected chi connectivity index (χ2v) is 5.93. The van der Waals surface area contributed by atoms with Gasteiger partial charge in [0.2, 0.25) is 0 Å². The van der Waals surface area contributed by atoms with Crippen LogP contribution in [0.4, 0.5) is 4.39 Å². The smallest absolute Gasteiger partial charge is 0.251 e. The molecule has 0 aliphatic carbocycles. The lowest BCUT2D eigenvalue weighted by molar-refractivity contribution is 0.0950. The van der Waals surface area contributed by atoms with E-state index >= 15 is 0 Å². The van der Waals surface area contributed by atoms with E-state index in [1.807, 2.05) is 36.4 Å². The molecule has 5 heteroatoms. The van der Waals surface area contributed by atoms with E-state index in [1.54, 1.807) is 6.07 Å². The van der Waals surface area contributed by atoms with Gasteiger partial charge in [0.15, 0.2) is 5.76 Å². The number of hydrogen-bond acceptors (Lipinski definition) is 3. The molecule has 4 rings (SSSR count). The lowest BCUT2D eigenvalue weighted by Gasteiger charge is -2.02. The molecule has 4 aromatic rings. The van der Waals surface area contributed by atoms with Crippen molar-refractivity contribution in [2.24, 2.45) is 0 Å². The molecule has 0 aliphatic heterocycles. The van der Waals surface area contributed by atoms with Gasteiger partial charge in [-0.05, 0) is 41.1 Å². The Kier molecular flexibility index (Phi) is 4.19. The lowest BCUT2D eigenvalue weighted by atomic mass is 10.1. The van der Waals surface area contributed by atoms with Crippen molar-refractivity contribution in [1.29, 1.82) is 0 Å². The van der Waals surface area contributed by atoms with Crippen LogP contribution in [0.5, 0.6) is 0 Å². The van der Waals surface area contributed by atoms with Gasteiger partial charge in [-0.3, -0.25) is 4.79 Å². The van der Waals surface area contributed by atoms with E-state index < -0.39 is 0 Å². The molecule has 0 bridgehead atoms. The Labute approximate surface area is 149 Å². The Morgan fingerprint density at radius 2 is 1.73 bits per heavy atom. The van der Waals surface area contributed by atoms with Crippen LogP contribution < -0.4 is 5.32 Å². The maximum Gasteiger partial charge on any atom is 0.251 e. The maximum atomic E-state index is 12.9. The first-order valence-corrected chi connectivity index (χ1v) is 8.17. The molecule has 3 aromatic carbocycles. The average molecular weight is 346 g/mol. The summed E-state index contributed by atoms with van der Waals surface area (Å²) in [5.74, 6) is -0.0277. The van der Waals surface area contributed by atoms with Crippen molar-refractivity contribution in [3.63, 3.8) is 0 Å². The summed E-state index contributed by atoms with van der Waals surface area (Å²) in [5.41, 5.74) is 1.93. The van der Waals surface area contributed by atoms with E-state index in [4.69, 9.17) is 4.52 Å². The summed E-state index contributed by atoms with van der Waals surface area (Å²) in [6.45, 7) is 0.229. The summed E-state index contributed by atoms with van der Waals surface area (Å²) in [7, 11) is 0. The number of amides is 1. The largest absolute Gasteiger partial charge is 0.356 e. The van der Waals surface area contributed by atoms with Gasteiger partial charge in [0.25, 0.3) is 5.91 Å². The molecule has 0 radical (unpaired) electrons. The Morgan fingerprint density at radius 1 is 0.962 bits per heavy atom. The van der Waals surface area contributed by atoms with E-state index in [0.717, 1.165) is 16.3 Å². The maximum absolute atomic E-state index is 12.9. The fourth-order valence-corrected chi connectivity index (χ4v) is 2.75. The fourth-order valence-electron chi connectivity index (χ4n) is 2.75. The van der Waals surface area contributed by atoms with Crippen molar-refractivity contribution in [2.45, 2.75) is 6.54 Å². The SMILES string of the molecule is O=C(NCc1cc(-c2ccc3ccccc3c2)on1)c1ccc(F)cc1.